The number of rotatable bonds is 6. The molecule has 4 heteroatoms. The first-order chi connectivity index (χ1) is 9.79. The van der Waals surface area contributed by atoms with Gasteiger partial charge < -0.3 is 10.2 Å². The molecule has 0 aliphatic rings. The zero-order valence-electron chi connectivity index (χ0n) is 13.6. The van der Waals surface area contributed by atoms with Gasteiger partial charge in [-0.3, -0.25) is 4.79 Å². The molecule has 21 heavy (non-hydrogen) atoms. The fourth-order valence-corrected chi connectivity index (χ4v) is 2.14. The second-order valence-corrected chi connectivity index (χ2v) is 6.26. The summed E-state index contributed by atoms with van der Waals surface area (Å²) >= 11 is 0. The Hall–Kier alpha value is -1.84. The number of urea groups is 1. The predicted molar refractivity (Wildman–Crippen MR) is 86.7 cm³/mol. The third-order valence-electron chi connectivity index (χ3n) is 2.98. The number of benzene rings is 1. The maximum absolute atomic E-state index is 12.4. The fourth-order valence-electron chi connectivity index (χ4n) is 2.14. The Kier molecular flexibility index (Phi) is 6.40. The first-order valence-corrected chi connectivity index (χ1v) is 7.46. The van der Waals surface area contributed by atoms with Gasteiger partial charge in [-0.15, -0.1) is 0 Å². The van der Waals surface area contributed by atoms with Crippen LogP contribution >= 0.6 is 0 Å². The van der Waals surface area contributed by atoms with Crippen molar-refractivity contribution in [1.29, 1.82) is 0 Å². The summed E-state index contributed by atoms with van der Waals surface area (Å²) in [5.41, 5.74) is 1.26. The summed E-state index contributed by atoms with van der Waals surface area (Å²) in [5.74, 6) is 0.823. The summed E-state index contributed by atoms with van der Waals surface area (Å²) in [7, 11) is 0. The van der Waals surface area contributed by atoms with Gasteiger partial charge in [-0.1, -0.05) is 39.8 Å². The van der Waals surface area contributed by atoms with Gasteiger partial charge in [-0.05, 0) is 30.9 Å². The predicted octanol–water partition coefficient (Wildman–Crippen LogP) is 4.04. The molecule has 4 nitrogen and oxygen atoms in total. The third-order valence-corrected chi connectivity index (χ3v) is 2.98. The van der Waals surface area contributed by atoms with Crippen molar-refractivity contribution < 1.29 is 9.59 Å². The number of carbonyl (C=O) groups is 2. The number of nitrogens with zero attached hydrogens (tertiary/aromatic N) is 1. The van der Waals surface area contributed by atoms with Gasteiger partial charge in [0.05, 0.1) is 0 Å². The Morgan fingerprint density at radius 3 is 2.14 bits per heavy atom. The molecule has 0 bridgehead atoms. The SMILES string of the molecule is CC(=O)c1cccc(NC(=O)N(CC(C)C)CC(C)C)c1. The van der Waals surface area contributed by atoms with E-state index in [-0.39, 0.29) is 11.8 Å². The molecule has 0 aliphatic heterocycles. The average Bonchev–Trinajstić information content (AvgIpc) is 2.37. The average molecular weight is 290 g/mol. The van der Waals surface area contributed by atoms with Gasteiger partial charge in [0.15, 0.2) is 5.78 Å². The van der Waals surface area contributed by atoms with E-state index in [0.29, 0.717) is 23.1 Å². The molecule has 0 unspecified atom stereocenters. The third kappa shape index (κ3) is 5.98. The molecule has 0 aromatic heterocycles. The van der Waals surface area contributed by atoms with Crippen LogP contribution in [0.15, 0.2) is 24.3 Å². The number of amides is 2. The number of ketones is 1. The van der Waals surface area contributed by atoms with Gasteiger partial charge in [0.2, 0.25) is 0 Å². The van der Waals surface area contributed by atoms with Crippen LogP contribution in [0.5, 0.6) is 0 Å². The number of hydrogen-bond donors (Lipinski definition) is 1. The molecule has 1 aromatic carbocycles. The highest BCUT2D eigenvalue weighted by atomic mass is 16.2. The number of nitrogens with one attached hydrogen (secondary N) is 1. The Bertz CT molecular complexity index is 485. The Morgan fingerprint density at radius 2 is 1.67 bits per heavy atom. The minimum Gasteiger partial charge on any atom is -0.324 e. The summed E-state index contributed by atoms with van der Waals surface area (Å²) < 4.78 is 0. The Labute approximate surface area is 127 Å². The highest BCUT2D eigenvalue weighted by Crippen LogP contribution is 2.13. The van der Waals surface area contributed by atoms with Crippen molar-refractivity contribution in [3.63, 3.8) is 0 Å². The summed E-state index contributed by atoms with van der Waals surface area (Å²) in [6.07, 6.45) is 0. The minimum atomic E-state index is -0.113. The van der Waals surface area contributed by atoms with Crippen LogP contribution in [0.4, 0.5) is 10.5 Å². The lowest BCUT2D eigenvalue weighted by Crippen LogP contribution is -2.39. The van der Waals surface area contributed by atoms with E-state index in [1.165, 1.54) is 6.92 Å². The molecule has 116 valence electrons. The molecule has 0 saturated heterocycles. The summed E-state index contributed by atoms with van der Waals surface area (Å²) in [6.45, 7) is 11.3. The molecule has 0 saturated carbocycles. The molecule has 0 spiro atoms. The van der Waals surface area contributed by atoms with Crippen molar-refractivity contribution in [3.05, 3.63) is 29.8 Å². The summed E-state index contributed by atoms with van der Waals surface area (Å²) in [4.78, 5) is 25.6. The summed E-state index contributed by atoms with van der Waals surface area (Å²) in [5, 5.41) is 2.88. The van der Waals surface area contributed by atoms with E-state index in [0.717, 1.165) is 13.1 Å². The second-order valence-electron chi connectivity index (χ2n) is 6.26. The van der Waals surface area contributed by atoms with E-state index >= 15 is 0 Å². The molecule has 0 heterocycles. The van der Waals surface area contributed by atoms with Crippen LogP contribution in [0, 0.1) is 11.8 Å². The zero-order valence-corrected chi connectivity index (χ0v) is 13.6. The van der Waals surface area contributed by atoms with Gasteiger partial charge >= 0.3 is 6.03 Å². The van der Waals surface area contributed by atoms with Gasteiger partial charge in [-0.25, -0.2) is 4.79 Å². The van der Waals surface area contributed by atoms with Crippen LogP contribution in [0.1, 0.15) is 45.0 Å². The lowest BCUT2D eigenvalue weighted by molar-refractivity contribution is 0.101. The van der Waals surface area contributed by atoms with E-state index in [4.69, 9.17) is 0 Å². The highest BCUT2D eigenvalue weighted by molar-refractivity contribution is 5.96. The van der Waals surface area contributed by atoms with E-state index in [1.54, 1.807) is 24.3 Å². The standard InChI is InChI=1S/C17H26N2O2/c1-12(2)10-19(11-13(3)4)17(21)18-16-8-6-7-15(9-16)14(5)20/h6-9,12-13H,10-11H2,1-5H3,(H,18,21). The normalized spacial score (nSPS) is 10.8. The van der Waals surface area contributed by atoms with E-state index in [9.17, 15) is 9.59 Å². The molecule has 1 rings (SSSR count). The van der Waals surface area contributed by atoms with E-state index in [2.05, 4.69) is 33.0 Å². The Morgan fingerprint density at radius 1 is 1.10 bits per heavy atom. The number of hydrogen-bond acceptors (Lipinski definition) is 2. The molecule has 0 aliphatic carbocycles. The molecule has 2 amide bonds. The lowest BCUT2D eigenvalue weighted by atomic mass is 10.1. The van der Waals surface area contributed by atoms with Crippen molar-refractivity contribution in [2.24, 2.45) is 11.8 Å². The van der Waals surface area contributed by atoms with Gasteiger partial charge in [0.1, 0.15) is 0 Å². The summed E-state index contributed by atoms with van der Waals surface area (Å²) in [6, 6.07) is 6.92. The van der Waals surface area contributed by atoms with Gasteiger partial charge in [0.25, 0.3) is 0 Å². The first kappa shape index (κ1) is 17.2. The van der Waals surface area contributed by atoms with Crippen LogP contribution < -0.4 is 5.32 Å². The van der Waals surface area contributed by atoms with E-state index in [1.807, 2.05) is 4.90 Å². The highest BCUT2D eigenvalue weighted by Gasteiger charge is 2.16. The molecule has 0 atom stereocenters. The maximum atomic E-state index is 12.4. The van der Waals surface area contributed by atoms with E-state index < -0.39 is 0 Å². The molecular weight excluding hydrogens is 264 g/mol. The van der Waals surface area contributed by atoms with Crippen LogP contribution in [-0.2, 0) is 0 Å². The van der Waals surface area contributed by atoms with Crippen LogP contribution in [0.3, 0.4) is 0 Å². The number of carbonyl (C=O) groups excluding carboxylic acids is 2. The monoisotopic (exact) mass is 290 g/mol. The molecular formula is C17H26N2O2. The first-order valence-electron chi connectivity index (χ1n) is 7.46. The van der Waals surface area contributed by atoms with Crippen LogP contribution in [0.2, 0.25) is 0 Å². The minimum absolute atomic E-state index is 0.00711. The topological polar surface area (TPSA) is 49.4 Å². The van der Waals surface area contributed by atoms with Crippen molar-refractivity contribution >= 4 is 17.5 Å². The zero-order chi connectivity index (χ0) is 16.0. The van der Waals surface area contributed by atoms with Crippen LogP contribution in [-0.4, -0.2) is 29.8 Å². The van der Waals surface area contributed by atoms with Crippen molar-refractivity contribution in [3.8, 4) is 0 Å². The van der Waals surface area contributed by atoms with Crippen molar-refractivity contribution in [1.82, 2.24) is 4.90 Å². The lowest BCUT2D eigenvalue weighted by Gasteiger charge is -2.26. The molecule has 0 radical (unpaired) electrons. The second kappa shape index (κ2) is 7.81. The van der Waals surface area contributed by atoms with Gasteiger partial charge in [-0.2, -0.15) is 0 Å². The number of Topliss-reactive ketones (excluding diaryl/α,β-unsaturated/α-hetero) is 1. The van der Waals surface area contributed by atoms with Gasteiger partial charge in [0, 0.05) is 24.3 Å². The largest absolute Gasteiger partial charge is 0.324 e. The Balaban J connectivity index is 2.80. The fraction of sp³-hybridized carbons (Fsp3) is 0.529. The number of anilines is 1. The van der Waals surface area contributed by atoms with Crippen molar-refractivity contribution in [2.45, 2.75) is 34.6 Å². The smallest absolute Gasteiger partial charge is 0.321 e. The quantitative estimate of drug-likeness (QED) is 0.804. The molecule has 0 fully saturated rings. The van der Waals surface area contributed by atoms with Crippen LogP contribution in [0.25, 0.3) is 0 Å². The molecule has 1 aromatic rings. The van der Waals surface area contributed by atoms with Crippen molar-refractivity contribution in [2.75, 3.05) is 18.4 Å². The molecule has 1 N–H and O–H groups in total. The maximum Gasteiger partial charge on any atom is 0.321 e.